The summed E-state index contributed by atoms with van der Waals surface area (Å²) in [7, 11) is 0. The van der Waals surface area contributed by atoms with Crippen molar-refractivity contribution in [2.24, 2.45) is 0 Å². The van der Waals surface area contributed by atoms with Crippen LogP contribution in [0.5, 0.6) is 0 Å². The third kappa shape index (κ3) is 1.96. The maximum absolute atomic E-state index is 13.3. The fourth-order valence-electron chi connectivity index (χ4n) is 1.06. The van der Waals surface area contributed by atoms with Crippen LogP contribution in [0.15, 0.2) is 10.5 Å². The number of hydrogen-bond acceptors (Lipinski definition) is 3. The second-order valence-electron chi connectivity index (χ2n) is 2.76. The molecule has 0 bridgehead atoms. The lowest BCUT2D eigenvalue weighted by atomic mass is 10.1. The van der Waals surface area contributed by atoms with E-state index in [1.807, 2.05) is 0 Å². The van der Waals surface area contributed by atoms with E-state index in [1.54, 1.807) is 0 Å². The van der Waals surface area contributed by atoms with E-state index in [0.29, 0.717) is 6.07 Å². The van der Waals surface area contributed by atoms with Crippen LogP contribution in [0.2, 0.25) is 0 Å². The Balaban J connectivity index is 3.59. The summed E-state index contributed by atoms with van der Waals surface area (Å²) in [5.41, 5.74) is -1.04. The number of halogens is 2. The molecule has 0 aliphatic heterocycles. The summed E-state index contributed by atoms with van der Waals surface area (Å²) in [6, 6.07) is 0.706. The van der Waals surface area contributed by atoms with Crippen LogP contribution in [0.1, 0.15) is 15.9 Å². The van der Waals surface area contributed by atoms with Gasteiger partial charge in [0.05, 0.1) is 15.0 Å². The molecule has 0 saturated heterocycles. The van der Waals surface area contributed by atoms with Gasteiger partial charge in [0.15, 0.2) is 0 Å². The third-order valence-electron chi connectivity index (χ3n) is 1.86. The zero-order chi connectivity index (χ0) is 11.7. The Morgan fingerprint density at radius 1 is 1.67 bits per heavy atom. The van der Waals surface area contributed by atoms with Crippen LogP contribution in [0, 0.1) is 22.9 Å². The second kappa shape index (κ2) is 3.93. The Labute approximate surface area is 91.8 Å². The Morgan fingerprint density at radius 3 is 2.60 bits per heavy atom. The number of nitro groups is 1. The van der Waals surface area contributed by atoms with Crippen molar-refractivity contribution >= 4 is 27.6 Å². The zero-order valence-electron chi connectivity index (χ0n) is 7.45. The van der Waals surface area contributed by atoms with E-state index in [4.69, 9.17) is 5.11 Å². The van der Waals surface area contributed by atoms with Gasteiger partial charge >= 0.3 is 11.7 Å². The summed E-state index contributed by atoms with van der Waals surface area (Å²) >= 11 is 2.77. The molecule has 0 unspecified atom stereocenters. The molecule has 1 N–H and O–H groups in total. The average Bonchev–Trinajstić information content (AvgIpc) is 2.13. The highest BCUT2D eigenvalue weighted by Crippen LogP contribution is 2.30. The molecule has 0 amide bonds. The van der Waals surface area contributed by atoms with Gasteiger partial charge in [0.1, 0.15) is 0 Å². The van der Waals surface area contributed by atoms with E-state index in [2.05, 4.69) is 15.9 Å². The molecule has 0 atom stereocenters. The van der Waals surface area contributed by atoms with Crippen LogP contribution in [-0.2, 0) is 0 Å². The van der Waals surface area contributed by atoms with Gasteiger partial charge in [-0.1, -0.05) is 0 Å². The predicted octanol–water partition coefficient (Wildman–Crippen LogP) is 2.50. The smallest absolute Gasteiger partial charge is 0.336 e. The minimum absolute atomic E-state index is 0.116. The molecule has 1 rings (SSSR count). The zero-order valence-corrected chi connectivity index (χ0v) is 9.04. The van der Waals surface area contributed by atoms with Gasteiger partial charge in [-0.3, -0.25) is 10.1 Å². The molecule has 0 aromatic heterocycles. The predicted molar refractivity (Wildman–Crippen MR) is 52.5 cm³/mol. The minimum Gasteiger partial charge on any atom is -0.478 e. The monoisotopic (exact) mass is 277 g/mol. The molecule has 15 heavy (non-hydrogen) atoms. The Hall–Kier alpha value is -1.50. The van der Waals surface area contributed by atoms with Crippen LogP contribution in [0.4, 0.5) is 10.1 Å². The van der Waals surface area contributed by atoms with Crippen molar-refractivity contribution < 1.29 is 19.2 Å². The number of carbonyl (C=O) groups is 1. The summed E-state index contributed by atoms with van der Waals surface area (Å²) < 4.78 is 13.1. The quantitative estimate of drug-likeness (QED) is 0.665. The molecule has 1 aromatic carbocycles. The van der Waals surface area contributed by atoms with Crippen molar-refractivity contribution in [1.29, 1.82) is 0 Å². The Morgan fingerprint density at radius 2 is 2.20 bits per heavy atom. The fourth-order valence-corrected chi connectivity index (χ4v) is 1.48. The highest BCUT2D eigenvalue weighted by Gasteiger charge is 2.24. The molecule has 0 saturated carbocycles. The largest absolute Gasteiger partial charge is 0.478 e. The van der Waals surface area contributed by atoms with Crippen LogP contribution in [0.3, 0.4) is 0 Å². The van der Waals surface area contributed by atoms with Gasteiger partial charge in [0.25, 0.3) is 0 Å². The van der Waals surface area contributed by atoms with Gasteiger partial charge in [-0.2, -0.15) is 4.39 Å². The van der Waals surface area contributed by atoms with E-state index in [-0.39, 0.29) is 15.6 Å². The van der Waals surface area contributed by atoms with Crippen LogP contribution in [0.25, 0.3) is 0 Å². The van der Waals surface area contributed by atoms with Gasteiger partial charge < -0.3 is 5.11 Å². The number of carboxylic acid groups (broad SMARTS) is 1. The molecule has 0 spiro atoms. The lowest BCUT2D eigenvalue weighted by Gasteiger charge is -2.04. The van der Waals surface area contributed by atoms with Crippen molar-refractivity contribution in [3.63, 3.8) is 0 Å². The first-order valence-electron chi connectivity index (χ1n) is 3.72. The summed E-state index contributed by atoms with van der Waals surface area (Å²) in [6.07, 6.45) is 0. The van der Waals surface area contributed by atoms with Gasteiger partial charge in [0.2, 0.25) is 5.82 Å². The van der Waals surface area contributed by atoms with Crippen molar-refractivity contribution in [1.82, 2.24) is 0 Å². The first-order chi connectivity index (χ1) is 6.86. The number of aromatic carboxylic acids is 1. The summed E-state index contributed by atoms with van der Waals surface area (Å²) in [5.74, 6) is -2.40. The molecule has 0 fully saturated rings. The summed E-state index contributed by atoms with van der Waals surface area (Å²) in [5, 5.41) is 19.1. The number of benzene rings is 1. The third-order valence-corrected chi connectivity index (χ3v) is 2.80. The lowest BCUT2D eigenvalue weighted by Crippen LogP contribution is -2.04. The summed E-state index contributed by atoms with van der Waals surface area (Å²) in [4.78, 5) is 20.1. The molecule has 0 aliphatic rings. The van der Waals surface area contributed by atoms with Gasteiger partial charge in [-0.25, -0.2) is 4.79 Å². The highest BCUT2D eigenvalue weighted by atomic mass is 79.9. The lowest BCUT2D eigenvalue weighted by molar-refractivity contribution is -0.387. The van der Waals surface area contributed by atoms with Crippen molar-refractivity contribution in [3.8, 4) is 0 Å². The Kier molecular flexibility index (Phi) is 3.04. The highest BCUT2D eigenvalue weighted by molar-refractivity contribution is 9.10. The Bertz CT molecular complexity index is 422. The van der Waals surface area contributed by atoms with Crippen molar-refractivity contribution in [2.45, 2.75) is 6.92 Å². The van der Waals surface area contributed by atoms with Gasteiger partial charge in [-0.15, -0.1) is 0 Å². The standard InChI is InChI=1S/C8H5BrFNO4/c1-3-4(8(12)13)2-5(11(14)15)7(10)6(3)9/h2H,1H3,(H,12,13). The van der Waals surface area contributed by atoms with Crippen LogP contribution < -0.4 is 0 Å². The van der Waals surface area contributed by atoms with Gasteiger partial charge in [-0.05, 0) is 28.4 Å². The fraction of sp³-hybridized carbons (Fsp3) is 0.125. The molecule has 5 nitrogen and oxygen atoms in total. The normalized spacial score (nSPS) is 10.1. The van der Waals surface area contributed by atoms with E-state index >= 15 is 0 Å². The SMILES string of the molecule is Cc1c(C(=O)O)cc([N+](=O)[O-])c(F)c1Br. The molecule has 0 heterocycles. The number of carboxylic acids is 1. The maximum Gasteiger partial charge on any atom is 0.336 e. The number of rotatable bonds is 2. The topological polar surface area (TPSA) is 80.4 Å². The number of hydrogen-bond donors (Lipinski definition) is 1. The molecule has 7 heteroatoms. The average molecular weight is 278 g/mol. The molecule has 80 valence electrons. The first-order valence-corrected chi connectivity index (χ1v) is 4.51. The van der Waals surface area contributed by atoms with E-state index in [9.17, 15) is 19.3 Å². The van der Waals surface area contributed by atoms with Crippen LogP contribution in [-0.4, -0.2) is 16.0 Å². The second-order valence-corrected chi connectivity index (χ2v) is 3.55. The molecule has 1 aromatic rings. The van der Waals surface area contributed by atoms with E-state index in [0.717, 1.165) is 0 Å². The summed E-state index contributed by atoms with van der Waals surface area (Å²) in [6.45, 7) is 1.36. The number of nitrogens with zero attached hydrogens (tertiary/aromatic N) is 1. The minimum atomic E-state index is -1.34. The first kappa shape index (κ1) is 11.6. The van der Waals surface area contributed by atoms with E-state index < -0.39 is 22.4 Å². The van der Waals surface area contributed by atoms with Crippen molar-refractivity contribution in [2.75, 3.05) is 0 Å². The molecule has 0 radical (unpaired) electrons. The maximum atomic E-state index is 13.3. The van der Waals surface area contributed by atoms with E-state index in [1.165, 1.54) is 6.92 Å². The van der Waals surface area contributed by atoms with Crippen LogP contribution >= 0.6 is 15.9 Å². The molecule has 0 aliphatic carbocycles. The van der Waals surface area contributed by atoms with Gasteiger partial charge in [0, 0.05) is 6.07 Å². The molecular weight excluding hydrogens is 273 g/mol. The van der Waals surface area contributed by atoms with Crippen molar-refractivity contribution in [3.05, 3.63) is 37.6 Å². The number of nitro benzene ring substituents is 1. The molecular formula is C8H5BrFNO4.